The second kappa shape index (κ2) is 4.60. The molecule has 2 aromatic rings. The molecule has 90 valence electrons. The Balaban J connectivity index is 2.45. The van der Waals surface area contributed by atoms with E-state index in [4.69, 9.17) is 0 Å². The van der Waals surface area contributed by atoms with Crippen molar-refractivity contribution >= 4 is 38.5 Å². The van der Waals surface area contributed by atoms with E-state index in [2.05, 4.69) is 43.6 Å². The van der Waals surface area contributed by atoms with E-state index in [-0.39, 0.29) is 0 Å². The van der Waals surface area contributed by atoms with Crippen LogP contribution in [0.3, 0.4) is 0 Å². The maximum atomic E-state index is 12.5. The Bertz CT molecular complexity index is 551. The van der Waals surface area contributed by atoms with E-state index < -0.39 is 11.7 Å². The van der Waals surface area contributed by atoms with E-state index in [9.17, 15) is 13.2 Å². The molecule has 0 bridgehead atoms. The van der Waals surface area contributed by atoms with Crippen molar-refractivity contribution in [3.63, 3.8) is 0 Å². The van der Waals surface area contributed by atoms with Crippen LogP contribution in [0, 0.1) is 3.57 Å². The molecule has 0 fully saturated rings. The van der Waals surface area contributed by atoms with Gasteiger partial charge in [-0.1, -0.05) is 0 Å². The summed E-state index contributed by atoms with van der Waals surface area (Å²) in [7, 11) is 0. The molecule has 1 aromatic heterocycles. The van der Waals surface area contributed by atoms with Gasteiger partial charge in [-0.25, -0.2) is 4.68 Å². The average Bonchev–Trinajstić information content (AvgIpc) is 2.63. The monoisotopic (exact) mass is 416 g/mol. The summed E-state index contributed by atoms with van der Waals surface area (Å²) in [5.74, 6) is 0. The molecule has 0 spiro atoms. The quantitative estimate of drug-likeness (QED) is 0.635. The number of nitrogens with zero attached hydrogens (tertiary/aromatic N) is 2. The zero-order chi connectivity index (χ0) is 12.6. The number of rotatable bonds is 1. The van der Waals surface area contributed by atoms with Crippen molar-refractivity contribution < 1.29 is 13.2 Å². The summed E-state index contributed by atoms with van der Waals surface area (Å²) in [5, 5.41) is 4.04. The normalized spacial score (nSPS) is 11.8. The first kappa shape index (κ1) is 12.9. The van der Waals surface area contributed by atoms with E-state index >= 15 is 0 Å². The second-order valence-corrected chi connectivity index (χ2v) is 5.37. The number of aromatic nitrogens is 2. The summed E-state index contributed by atoms with van der Waals surface area (Å²) in [6.45, 7) is 0. The molecule has 0 amide bonds. The molecule has 0 aliphatic heterocycles. The molecule has 0 N–H and O–H groups in total. The smallest absolute Gasteiger partial charge is 0.239 e. The van der Waals surface area contributed by atoms with Gasteiger partial charge in [0.05, 0.1) is 21.0 Å². The molecule has 0 aliphatic rings. The molecule has 1 aromatic carbocycles. The zero-order valence-corrected chi connectivity index (χ0v) is 11.9. The summed E-state index contributed by atoms with van der Waals surface area (Å²) in [6.07, 6.45) is -0.974. The molecule has 0 aliphatic carbocycles. The fourth-order valence-corrected chi connectivity index (χ4v) is 2.25. The van der Waals surface area contributed by atoms with Gasteiger partial charge in [0.25, 0.3) is 0 Å². The predicted molar refractivity (Wildman–Crippen MR) is 69.0 cm³/mol. The minimum absolute atomic E-state index is 0.354. The van der Waals surface area contributed by atoms with Gasteiger partial charge in [0, 0.05) is 10.7 Å². The van der Waals surface area contributed by atoms with E-state index in [1.807, 2.05) is 0 Å². The van der Waals surface area contributed by atoms with Crippen molar-refractivity contribution in [2.24, 2.45) is 0 Å². The van der Waals surface area contributed by atoms with Crippen LogP contribution < -0.4 is 0 Å². The fourth-order valence-electron chi connectivity index (χ4n) is 1.30. The SMILES string of the molecule is FC(F)(F)c1ccc(-n2cc(I)cn2)c(Br)c1. The summed E-state index contributed by atoms with van der Waals surface area (Å²) in [5.41, 5.74) is -0.115. The molecular weight excluding hydrogens is 412 g/mol. The van der Waals surface area contributed by atoms with Gasteiger partial charge in [0.1, 0.15) is 0 Å². The van der Waals surface area contributed by atoms with Crippen LogP contribution in [-0.2, 0) is 6.18 Å². The number of hydrogen-bond donors (Lipinski definition) is 0. The first-order valence-electron chi connectivity index (χ1n) is 4.45. The Morgan fingerprint density at radius 2 is 2.00 bits per heavy atom. The average molecular weight is 417 g/mol. The third-order valence-corrected chi connectivity index (χ3v) is 3.27. The molecule has 0 radical (unpaired) electrons. The Kier molecular flexibility index (Phi) is 3.48. The Labute approximate surface area is 117 Å². The summed E-state index contributed by atoms with van der Waals surface area (Å²) in [6, 6.07) is 3.47. The largest absolute Gasteiger partial charge is 0.416 e. The first-order valence-corrected chi connectivity index (χ1v) is 6.32. The van der Waals surface area contributed by atoms with Crippen LogP contribution in [0.25, 0.3) is 5.69 Å². The van der Waals surface area contributed by atoms with E-state index in [1.54, 1.807) is 12.4 Å². The van der Waals surface area contributed by atoms with Gasteiger partial charge in [0.15, 0.2) is 0 Å². The van der Waals surface area contributed by atoms with Gasteiger partial charge in [-0.2, -0.15) is 18.3 Å². The fraction of sp³-hybridized carbons (Fsp3) is 0.100. The molecule has 7 heteroatoms. The molecule has 2 nitrogen and oxygen atoms in total. The third-order valence-electron chi connectivity index (χ3n) is 2.07. The Morgan fingerprint density at radius 1 is 1.29 bits per heavy atom. The molecule has 1 heterocycles. The van der Waals surface area contributed by atoms with Crippen molar-refractivity contribution in [3.05, 3.63) is 44.2 Å². The lowest BCUT2D eigenvalue weighted by atomic mass is 10.2. The van der Waals surface area contributed by atoms with Gasteiger partial charge < -0.3 is 0 Å². The molecule has 0 saturated heterocycles. The lowest BCUT2D eigenvalue weighted by Gasteiger charge is -2.09. The number of benzene rings is 1. The van der Waals surface area contributed by atoms with Gasteiger partial charge in [-0.3, -0.25) is 0 Å². The predicted octanol–water partition coefficient (Wildman–Crippen LogP) is 4.26. The third kappa shape index (κ3) is 2.82. The van der Waals surface area contributed by atoms with E-state index in [0.29, 0.717) is 10.2 Å². The van der Waals surface area contributed by atoms with Crippen LogP contribution in [-0.4, -0.2) is 9.78 Å². The van der Waals surface area contributed by atoms with Crippen LogP contribution in [0.1, 0.15) is 5.56 Å². The van der Waals surface area contributed by atoms with Crippen LogP contribution >= 0.6 is 38.5 Å². The number of halogens is 5. The molecule has 2 rings (SSSR count). The number of hydrogen-bond acceptors (Lipinski definition) is 1. The van der Waals surface area contributed by atoms with E-state index in [1.165, 1.54) is 10.7 Å². The maximum Gasteiger partial charge on any atom is 0.416 e. The lowest BCUT2D eigenvalue weighted by Crippen LogP contribution is -2.06. The van der Waals surface area contributed by atoms with Crippen LogP contribution in [0.5, 0.6) is 0 Å². The minimum atomic E-state index is -4.33. The van der Waals surface area contributed by atoms with Gasteiger partial charge in [-0.15, -0.1) is 0 Å². The molecule has 17 heavy (non-hydrogen) atoms. The van der Waals surface area contributed by atoms with E-state index in [0.717, 1.165) is 15.7 Å². The van der Waals surface area contributed by atoms with Crippen molar-refractivity contribution in [2.45, 2.75) is 6.18 Å². The molecule has 0 saturated carbocycles. The minimum Gasteiger partial charge on any atom is -0.239 e. The summed E-state index contributed by atoms with van der Waals surface area (Å²) >= 11 is 5.20. The lowest BCUT2D eigenvalue weighted by molar-refractivity contribution is -0.137. The topological polar surface area (TPSA) is 17.8 Å². The van der Waals surface area contributed by atoms with Crippen molar-refractivity contribution in [1.82, 2.24) is 9.78 Å². The Hall–Kier alpha value is -0.570. The standard InChI is InChI=1S/C10H5BrF3IN2/c11-8-3-6(10(12,13)14)1-2-9(8)17-5-7(15)4-16-17/h1-5H. The molecule has 0 unspecified atom stereocenters. The summed E-state index contributed by atoms with van der Waals surface area (Å²) in [4.78, 5) is 0. The van der Waals surface area contributed by atoms with Crippen molar-refractivity contribution in [1.29, 1.82) is 0 Å². The highest BCUT2D eigenvalue weighted by molar-refractivity contribution is 14.1. The van der Waals surface area contributed by atoms with Crippen LogP contribution in [0.2, 0.25) is 0 Å². The molecular formula is C10H5BrF3IN2. The highest BCUT2D eigenvalue weighted by Crippen LogP contribution is 2.33. The van der Waals surface area contributed by atoms with Gasteiger partial charge in [0.2, 0.25) is 0 Å². The van der Waals surface area contributed by atoms with Gasteiger partial charge >= 0.3 is 6.18 Å². The van der Waals surface area contributed by atoms with Crippen molar-refractivity contribution in [2.75, 3.05) is 0 Å². The number of alkyl halides is 3. The molecule has 0 atom stereocenters. The summed E-state index contributed by atoms with van der Waals surface area (Å²) < 4.78 is 40.2. The van der Waals surface area contributed by atoms with Crippen LogP contribution in [0.15, 0.2) is 35.1 Å². The van der Waals surface area contributed by atoms with Crippen LogP contribution in [0.4, 0.5) is 13.2 Å². The first-order chi connectivity index (χ1) is 7.88. The zero-order valence-electron chi connectivity index (χ0n) is 8.17. The van der Waals surface area contributed by atoms with Gasteiger partial charge in [-0.05, 0) is 56.7 Å². The maximum absolute atomic E-state index is 12.5. The van der Waals surface area contributed by atoms with Crippen molar-refractivity contribution in [3.8, 4) is 5.69 Å². The Morgan fingerprint density at radius 3 is 2.47 bits per heavy atom. The second-order valence-electron chi connectivity index (χ2n) is 3.27. The highest BCUT2D eigenvalue weighted by Gasteiger charge is 2.30. The highest BCUT2D eigenvalue weighted by atomic mass is 127.